The van der Waals surface area contributed by atoms with E-state index >= 15 is 0 Å². The molecule has 100 valence electrons. The standard InChI is InChI=1S/C14H22N2S2/c1-10-7-12-13(15)3-2-4-14(12)16(10)8-11-9-17-5-6-18-11/h7,11,13H,2-6,8-9,15H2,1H3. The molecule has 1 aliphatic carbocycles. The third-order valence-electron chi connectivity index (χ3n) is 4.05. The zero-order chi connectivity index (χ0) is 12.5. The molecule has 4 heteroatoms. The first kappa shape index (κ1) is 12.9. The van der Waals surface area contributed by atoms with Crippen LogP contribution >= 0.6 is 23.5 Å². The molecule has 0 aromatic carbocycles. The lowest BCUT2D eigenvalue weighted by Crippen LogP contribution is -2.24. The van der Waals surface area contributed by atoms with Crippen molar-refractivity contribution in [3.8, 4) is 0 Å². The summed E-state index contributed by atoms with van der Waals surface area (Å²) in [5, 5.41) is 0.789. The highest BCUT2D eigenvalue weighted by Gasteiger charge is 2.24. The van der Waals surface area contributed by atoms with Gasteiger partial charge in [-0.3, -0.25) is 0 Å². The van der Waals surface area contributed by atoms with Gasteiger partial charge in [-0.25, -0.2) is 0 Å². The summed E-state index contributed by atoms with van der Waals surface area (Å²) < 4.78 is 2.55. The largest absolute Gasteiger partial charge is 0.347 e. The van der Waals surface area contributed by atoms with Gasteiger partial charge in [-0.05, 0) is 37.8 Å². The van der Waals surface area contributed by atoms with Crippen molar-refractivity contribution in [3.63, 3.8) is 0 Å². The third kappa shape index (κ3) is 2.47. The summed E-state index contributed by atoms with van der Waals surface area (Å²) in [6.45, 7) is 3.43. The minimum Gasteiger partial charge on any atom is -0.347 e. The van der Waals surface area contributed by atoms with Crippen LogP contribution in [-0.4, -0.2) is 27.1 Å². The molecule has 2 aliphatic rings. The maximum atomic E-state index is 6.24. The number of nitrogens with two attached hydrogens (primary N) is 1. The predicted octanol–water partition coefficient (Wildman–Crippen LogP) is 2.98. The van der Waals surface area contributed by atoms with Crippen LogP contribution in [0, 0.1) is 6.92 Å². The first-order chi connectivity index (χ1) is 8.75. The van der Waals surface area contributed by atoms with Crippen molar-refractivity contribution < 1.29 is 0 Å². The van der Waals surface area contributed by atoms with Crippen LogP contribution in [0.15, 0.2) is 6.07 Å². The molecule has 0 bridgehead atoms. The Labute approximate surface area is 118 Å². The van der Waals surface area contributed by atoms with Crippen LogP contribution in [0.1, 0.15) is 35.8 Å². The Balaban J connectivity index is 1.82. The van der Waals surface area contributed by atoms with Crippen LogP contribution in [0.25, 0.3) is 0 Å². The van der Waals surface area contributed by atoms with E-state index in [1.165, 1.54) is 53.6 Å². The predicted molar refractivity (Wildman–Crippen MR) is 82.6 cm³/mol. The first-order valence-corrected chi connectivity index (χ1v) is 9.10. The molecule has 0 amide bonds. The monoisotopic (exact) mass is 282 g/mol. The molecule has 2 atom stereocenters. The second-order valence-electron chi connectivity index (χ2n) is 5.36. The van der Waals surface area contributed by atoms with Crippen LogP contribution in [0.5, 0.6) is 0 Å². The van der Waals surface area contributed by atoms with Gasteiger partial charge in [0.1, 0.15) is 0 Å². The Bertz CT molecular complexity index is 422. The number of thioether (sulfide) groups is 2. The summed E-state index contributed by atoms with van der Waals surface area (Å²) in [6, 6.07) is 2.61. The van der Waals surface area contributed by atoms with Gasteiger partial charge in [0.25, 0.3) is 0 Å². The summed E-state index contributed by atoms with van der Waals surface area (Å²) in [6.07, 6.45) is 3.63. The molecule has 2 heterocycles. The van der Waals surface area contributed by atoms with Gasteiger partial charge in [0.2, 0.25) is 0 Å². The topological polar surface area (TPSA) is 30.9 Å². The van der Waals surface area contributed by atoms with E-state index in [0.717, 1.165) is 11.7 Å². The van der Waals surface area contributed by atoms with Crippen molar-refractivity contribution in [2.75, 3.05) is 17.3 Å². The van der Waals surface area contributed by atoms with Crippen molar-refractivity contribution in [1.82, 2.24) is 4.57 Å². The molecule has 1 aliphatic heterocycles. The molecule has 1 aromatic heterocycles. The van der Waals surface area contributed by atoms with E-state index in [1.807, 2.05) is 0 Å². The second-order valence-corrected chi connectivity index (χ2v) is 7.92. The molecule has 2 N–H and O–H groups in total. The highest BCUT2D eigenvalue weighted by atomic mass is 32.2. The van der Waals surface area contributed by atoms with Crippen LogP contribution in [0.4, 0.5) is 0 Å². The Hall–Kier alpha value is -0.0600. The number of hydrogen-bond donors (Lipinski definition) is 1. The minimum absolute atomic E-state index is 0.280. The van der Waals surface area contributed by atoms with Crippen LogP contribution < -0.4 is 5.73 Å². The van der Waals surface area contributed by atoms with Crippen molar-refractivity contribution in [2.24, 2.45) is 5.73 Å². The molecular weight excluding hydrogens is 260 g/mol. The number of rotatable bonds is 2. The van der Waals surface area contributed by atoms with Gasteiger partial charge in [0.15, 0.2) is 0 Å². The third-order valence-corrected chi connectivity index (χ3v) is 6.88. The van der Waals surface area contributed by atoms with E-state index in [4.69, 9.17) is 5.73 Å². The molecule has 1 saturated heterocycles. The lowest BCUT2D eigenvalue weighted by atomic mass is 9.93. The van der Waals surface area contributed by atoms with E-state index in [-0.39, 0.29) is 6.04 Å². The van der Waals surface area contributed by atoms with Crippen LogP contribution in [-0.2, 0) is 13.0 Å². The maximum absolute atomic E-state index is 6.24. The van der Waals surface area contributed by atoms with Crippen LogP contribution in [0.3, 0.4) is 0 Å². The molecular formula is C14H22N2S2. The van der Waals surface area contributed by atoms with E-state index < -0.39 is 0 Å². The summed E-state index contributed by atoms with van der Waals surface area (Å²) in [7, 11) is 0. The number of nitrogens with zero attached hydrogens (tertiary/aromatic N) is 1. The van der Waals surface area contributed by atoms with E-state index in [0.29, 0.717) is 0 Å². The lowest BCUT2D eigenvalue weighted by Gasteiger charge is -2.26. The average molecular weight is 282 g/mol. The van der Waals surface area contributed by atoms with Crippen molar-refractivity contribution in [1.29, 1.82) is 0 Å². The van der Waals surface area contributed by atoms with Gasteiger partial charge in [-0.1, -0.05) is 0 Å². The molecule has 18 heavy (non-hydrogen) atoms. The molecule has 3 rings (SSSR count). The summed E-state index contributed by atoms with van der Waals surface area (Å²) in [5.74, 6) is 3.95. The number of fused-ring (bicyclic) bond motifs is 1. The average Bonchev–Trinajstić information content (AvgIpc) is 2.70. The molecule has 1 aromatic rings. The first-order valence-electron chi connectivity index (χ1n) is 6.89. The van der Waals surface area contributed by atoms with Crippen molar-refractivity contribution in [2.45, 2.75) is 44.0 Å². The Morgan fingerprint density at radius 3 is 3.11 bits per heavy atom. The molecule has 0 radical (unpaired) electrons. The molecule has 1 fully saturated rings. The van der Waals surface area contributed by atoms with Crippen molar-refractivity contribution >= 4 is 23.5 Å². The highest BCUT2D eigenvalue weighted by molar-refractivity contribution is 8.06. The van der Waals surface area contributed by atoms with Crippen molar-refractivity contribution in [3.05, 3.63) is 23.0 Å². The normalized spacial score (nSPS) is 28.1. The fraction of sp³-hybridized carbons (Fsp3) is 0.714. The second kappa shape index (κ2) is 5.51. The lowest BCUT2D eigenvalue weighted by molar-refractivity contribution is 0.536. The van der Waals surface area contributed by atoms with Gasteiger partial charge >= 0.3 is 0 Å². The Kier molecular flexibility index (Phi) is 3.97. The number of aryl methyl sites for hydroxylation is 1. The van der Waals surface area contributed by atoms with E-state index in [1.54, 1.807) is 0 Å². The molecule has 0 spiro atoms. The van der Waals surface area contributed by atoms with Gasteiger partial charge in [0, 0.05) is 46.5 Å². The van der Waals surface area contributed by atoms with E-state index in [9.17, 15) is 0 Å². The van der Waals surface area contributed by atoms with Gasteiger partial charge in [0.05, 0.1) is 0 Å². The minimum atomic E-state index is 0.280. The Morgan fingerprint density at radius 2 is 2.33 bits per heavy atom. The quantitative estimate of drug-likeness (QED) is 0.905. The zero-order valence-corrected chi connectivity index (χ0v) is 12.7. The zero-order valence-electron chi connectivity index (χ0n) is 11.0. The molecule has 2 unspecified atom stereocenters. The number of aromatic nitrogens is 1. The summed E-state index contributed by atoms with van der Waals surface area (Å²) >= 11 is 4.26. The maximum Gasteiger partial charge on any atom is 0.0352 e. The SMILES string of the molecule is Cc1cc2c(n1CC1CSCCS1)CCCC2N. The van der Waals surface area contributed by atoms with E-state index in [2.05, 4.69) is 41.1 Å². The fourth-order valence-electron chi connectivity index (χ4n) is 3.10. The molecule has 2 nitrogen and oxygen atoms in total. The highest BCUT2D eigenvalue weighted by Crippen LogP contribution is 2.33. The number of hydrogen-bond acceptors (Lipinski definition) is 3. The van der Waals surface area contributed by atoms with Gasteiger partial charge in [-0.15, -0.1) is 0 Å². The summed E-state index contributed by atoms with van der Waals surface area (Å²) in [4.78, 5) is 0. The molecule has 0 saturated carbocycles. The van der Waals surface area contributed by atoms with Crippen LogP contribution in [0.2, 0.25) is 0 Å². The Morgan fingerprint density at radius 1 is 1.44 bits per heavy atom. The summed E-state index contributed by atoms with van der Waals surface area (Å²) in [5.41, 5.74) is 10.6. The van der Waals surface area contributed by atoms with Gasteiger partial charge < -0.3 is 10.3 Å². The fourth-order valence-corrected chi connectivity index (χ4v) is 5.75. The smallest absolute Gasteiger partial charge is 0.0352 e. The van der Waals surface area contributed by atoms with Gasteiger partial charge in [-0.2, -0.15) is 23.5 Å².